The molecule has 234 valence electrons. The van der Waals surface area contributed by atoms with Gasteiger partial charge in [-0.2, -0.15) is 9.61 Å². The van der Waals surface area contributed by atoms with Crippen LogP contribution in [0.5, 0.6) is 0 Å². The van der Waals surface area contributed by atoms with E-state index in [1.54, 1.807) is 0 Å². The summed E-state index contributed by atoms with van der Waals surface area (Å²) in [6.07, 6.45) is -10.1. The van der Waals surface area contributed by atoms with Gasteiger partial charge in [-0.3, -0.25) is 4.52 Å². The van der Waals surface area contributed by atoms with Crippen molar-refractivity contribution in [1.82, 2.24) is 19.6 Å². The molecule has 2 fully saturated rings. The Morgan fingerprint density at radius 2 is 1.93 bits per heavy atom. The molecule has 12 atom stereocenters. The zero-order valence-corrected chi connectivity index (χ0v) is 23.5. The molecule has 0 radical (unpaired) electrons. The van der Waals surface area contributed by atoms with Crippen molar-refractivity contribution in [3.8, 4) is 12.3 Å². The van der Waals surface area contributed by atoms with E-state index in [0.717, 1.165) is 10.8 Å². The Balaban J connectivity index is 1.44. The normalized spacial score (nSPS) is 37.1. The molecule has 0 saturated carbocycles. The Morgan fingerprint density at radius 1 is 1.24 bits per heavy atom. The van der Waals surface area contributed by atoms with Crippen LogP contribution in [0.2, 0.25) is 0 Å². The number of aliphatic hydroxyl groups is 6. The van der Waals surface area contributed by atoms with Crippen LogP contribution in [-0.4, -0.2) is 128 Å². The summed E-state index contributed by atoms with van der Waals surface area (Å²) in [7, 11) is -5.54. The second-order valence-corrected chi connectivity index (χ2v) is 13.5. The second kappa shape index (κ2) is 12.3. The maximum Gasteiger partial charge on any atom is 0.481 e. The molecule has 0 bridgehead atoms. The number of terminal acetylenes is 1. The number of halogens is 1. The van der Waals surface area contributed by atoms with Crippen LogP contribution in [0.4, 0.5) is 10.3 Å². The quantitative estimate of drug-likeness (QED) is 0.0877. The fraction of sp³-hybridized carbons (Fsp3) is 0.632. The van der Waals surface area contributed by atoms with Crippen LogP contribution in [-0.2, 0) is 39.2 Å². The highest BCUT2D eigenvalue weighted by atomic mass is 32.5. The fourth-order valence-electron chi connectivity index (χ4n) is 4.26. The molecule has 2 aliphatic rings. The minimum atomic E-state index is -5.54. The largest absolute Gasteiger partial charge is 0.481 e. The standard InChI is InChI=1S/C19H26FN5O14P2S/c1-2-19(31)14(30)9(36-15(19)7-3-24-25-16(7)22-6-23-18(25)21)5-35-41(34,42)39-40(32,33)38-17-12(29)10(27)11(28)13(37-17)8(20)4-26/h1,3,6,8-15,17,26-31H,4-5H2,(H,32,33)(H,34,42)(H2,21,22,23)/t8-,9+,10?,11?,12?,13?,14+,15-,17?,19+,41?/m0/s1. The predicted molar refractivity (Wildman–Crippen MR) is 136 cm³/mol. The maximum absolute atomic E-state index is 13.9. The number of fused-ring (bicyclic) bond motifs is 1. The minimum absolute atomic E-state index is 0.0621. The molecule has 0 amide bonds. The summed E-state index contributed by atoms with van der Waals surface area (Å²) in [6, 6.07) is 0. The third-order valence-corrected chi connectivity index (χ3v) is 9.89. The van der Waals surface area contributed by atoms with Gasteiger partial charge < -0.3 is 60.2 Å². The first-order chi connectivity index (χ1) is 19.5. The van der Waals surface area contributed by atoms with Crippen LogP contribution in [0.15, 0.2) is 12.5 Å². The van der Waals surface area contributed by atoms with Gasteiger partial charge in [0.15, 0.2) is 23.7 Å². The van der Waals surface area contributed by atoms with Gasteiger partial charge in [0.25, 0.3) is 0 Å². The Bertz CT molecular complexity index is 1430. The number of phosphoric ester groups is 1. The predicted octanol–water partition coefficient (Wildman–Crippen LogP) is -3.62. The molecule has 0 spiro atoms. The number of anilines is 1. The number of hydrogen-bond acceptors (Lipinski definition) is 17. The lowest BCUT2D eigenvalue weighted by atomic mass is 9.88. The molecular weight excluding hydrogens is 635 g/mol. The van der Waals surface area contributed by atoms with Gasteiger partial charge in [-0.05, 0) is 11.8 Å². The summed E-state index contributed by atoms with van der Waals surface area (Å²) in [6.45, 7) is -6.82. The third-order valence-electron chi connectivity index (χ3n) is 6.37. The smallest absolute Gasteiger partial charge is 0.393 e. The number of ether oxygens (including phenoxy) is 2. The van der Waals surface area contributed by atoms with Crippen LogP contribution in [0.1, 0.15) is 11.7 Å². The van der Waals surface area contributed by atoms with Crippen molar-refractivity contribution < 1.29 is 72.2 Å². The topological polar surface area (TPSA) is 294 Å². The van der Waals surface area contributed by atoms with Gasteiger partial charge in [0, 0.05) is 5.56 Å². The van der Waals surface area contributed by atoms with E-state index in [1.165, 1.54) is 6.20 Å². The monoisotopic (exact) mass is 661 g/mol. The SMILES string of the molecule is C#C[C@@]1(O)[C@H](O)[C@@H](COP(O)(=S)OP(=O)(O)OC2OC([C@@H](F)CO)C(O)C(O)C2O)O[C@H]1c1cnn2c(N)ncnc12. The molecule has 10 N–H and O–H groups in total. The zero-order chi connectivity index (χ0) is 31.2. The van der Waals surface area contributed by atoms with Gasteiger partial charge in [0.1, 0.15) is 49.1 Å². The van der Waals surface area contributed by atoms with Gasteiger partial charge >= 0.3 is 14.5 Å². The highest BCUT2D eigenvalue weighted by Crippen LogP contribution is 2.62. The van der Waals surface area contributed by atoms with Crippen LogP contribution < -0.4 is 5.73 Å². The molecule has 2 aliphatic heterocycles. The van der Waals surface area contributed by atoms with Crippen molar-refractivity contribution >= 4 is 37.9 Å². The number of nitrogens with zero attached hydrogens (tertiary/aromatic N) is 4. The molecule has 19 nitrogen and oxygen atoms in total. The Morgan fingerprint density at radius 3 is 2.57 bits per heavy atom. The first-order valence-electron chi connectivity index (χ1n) is 11.7. The number of phosphoric acid groups is 1. The third kappa shape index (κ3) is 6.36. The summed E-state index contributed by atoms with van der Waals surface area (Å²) in [5, 5.41) is 64.5. The molecule has 7 unspecified atom stereocenters. The van der Waals surface area contributed by atoms with Crippen molar-refractivity contribution in [3.63, 3.8) is 0 Å². The van der Waals surface area contributed by atoms with E-state index in [0.29, 0.717) is 0 Å². The average Bonchev–Trinajstić information content (AvgIpc) is 3.46. The lowest BCUT2D eigenvalue weighted by Crippen LogP contribution is -2.60. The van der Waals surface area contributed by atoms with Crippen molar-refractivity contribution in [2.24, 2.45) is 0 Å². The molecule has 2 saturated heterocycles. The first kappa shape index (κ1) is 33.1. The molecule has 4 heterocycles. The molecule has 42 heavy (non-hydrogen) atoms. The average molecular weight is 661 g/mol. The molecule has 0 aromatic carbocycles. The van der Waals surface area contributed by atoms with E-state index in [-0.39, 0.29) is 17.2 Å². The van der Waals surface area contributed by atoms with Crippen LogP contribution in [0.25, 0.3) is 5.65 Å². The number of alkyl halides is 1. The summed E-state index contributed by atoms with van der Waals surface area (Å²) in [5.41, 5.74) is 3.51. The van der Waals surface area contributed by atoms with Crippen LogP contribution in [0, 0.1) is 12.3 Å². The highest BCUT2D eigenvalue weighted by molar-refractivity contribution is 8.08. The van der Waals surface area contributed by atoms with Gasteiger partial charge in [-0.25, -0.2) is 23.2 Å². The fourth-order valence-corrected chi connectivity index (χ4v) is 7.36. The van der Waals surface area contributed by atoms with E-state index < -0.39 is 88.5 Å². The summed E-state index contributed by atoms with van der Waals surface area (Å²) in [5.74, 6) is 1.96. The summed E-state index contributed by atoms with van der Waals surface area (Å²) >= 11 is 4.70. The number of rotatable bonds is 10. The maximum atomic E-state index is 13.9. The second-order valence-electron chi connectivity index (χ2n) is 9.10. The van der Waals surface area contributed by atoms with Gasteiger partial charge in [0.2, 0.25) is 5.95 Å². The van der Waals surface area contributed by atoms with Gasteiger partial charge in [0.05, 0.1) is 19.4 Å². The number of hydrogen-bond donors (Lipinski definition) is 9. The van der Waals surface area contributed by atoms with Gasteiger partial charge in [-0.1, -0.05) is 5.92 Å². The zero-order valence-electron chi connectivity index (χ0n) is 20.9. The Labute approximate surface area is 240 Å². The Hall–Kier alpha value is -1.80. The van der Waals surface area contributed by atoms with Crippen LogP contribution >= 0.6 is 14.5 Å². The van der Waals surface area contributed by atoms with Gasteiger partial charge in [-0.15, -0.1) is 6.42 Å². The van der Waals surface area contributed by atoms with E-state index in [9.17, 15) is 44.3 Å². The van der Waals surface area contributed by atoms with E-state index in [2.05, 4.69) is 23.9 Å². The van der Waals surface area contributed by atoms with E-state index >= 15 is 0 Å². The van der Waals surface area contributed by atoms with E-state index in [4.69, 9.17) is 43.1 Å². The van der Waals surface area contributed by atoms with Crippen molar-refractivity contribution in [2.45, 2.75) is 60.8 Å². The van der Waals surface area contributed by atoms with Crippen molar-refractivity contribution in [3.05, 3.63) is 18.1 Å². The van der Waals surface area contributed by atoms with Crippen molar-refractivity contribution in [1.29, 1.82) is 0 Å². The number of aromatic nitrogens is 4. The van der Waals surface area contributed by atoms with Crippen LogP contribution in [0.3, 0.4) is 0 Å². The first-order valence-corrected chi connectivity index (χ1v) is 15.8. The minimum Gasteiger partial charge on any atom is -0.393 e. The summed E-state index contributed by atoms with van der Waals surface area (Å²) in [4.78, 5) is 28.2. The number of nitrogens with two attached hydrogens (primary N) is 1. The summed E-state index contributed by atoms with van der Waals surface area (Å²) < 4.78 is 52.1. The van der Waals surface area contributed by atoms with E-state index in [1.807, 2.05) is 5.92 Å². The Kier molecular flexibility index (Phi) is 9.69. The number of nitrogen functional groups attached to an aromatic ring is 1. The number of aliphatic hydroxyl groups excluding tert-OH is 5. The lowest BCUT2D eigenvalue weighted by molar-refractivity contribution is -0.287. The molecular formula is C19H26FN5O14P2S. The lowest BCUT2D eigenvalue weighted by Gasteiger charge is -2.41. The molecule has 4 rings (SSSR count). The molecule has 0 aliphatic carbocycles. The molecule has 2 aromatic rings. The highest BCUT2D eigenvalue weighted by Gasteiger charge is 2.57. The molecule has 23 heteroatoms. The van der Waals surface area contributed by atoms with Crippen molar-refractivity contribution in [2.75, 3.05) is 18.9 Å². The molecule has 2 aromatic heterocycles.